The van der Waals surface area contributed by atoms with Gasteiger partial charge in [0.15, 0.2) is 5.96 Å². The molecule has 1 aliphatic rings. The van der Waals surface area contributed by atoms with Crippen LogP contribution in [0, 0.1) is 13.8 Å². The second-order valence-electron chi connectivity index (χ2n) is 6.77. The van der Waals surface area contributed by atoms with Gasteiger partial charge < -0.3 is 10.6 Å². The standard InChI is InChI=1S/C19H35N5S.HI/c1-5-17-9-7-8-13-24(17)14-12-22-19(20-6-2)21-11-10-18-15(3)23-16(4)25-18;/h17H,5-14H2,1-4H3,(H2,20,21,22);1H. The maximum atomic E-state index is 4.78. The summed E-state index contributed by atoms with van der Waals surface area (Å²) in [5.74, 6) is 0.937. The molecule has 5 nitrogen and oxygen atoms in total. The second-order valence-corrected chi connectivity index (χ2v) is 8.06. The minimum atomic E-state index is 0. The van der Waals surface area contributed by atoms with Gasteiger partial charge in [-0.05, 0) is 46.6 Å². The molecule has 0 radical (unpaired) electrons. The van der Waals surface area contributed by atoms with Crippen molar-refractivity contribution in [1.82, 2.24) is 20.5 Å². The molecule has 26 heavy (non-hydrogen) atoms. The van der Waals surface area contributed by atoms with Gasteiger partial charge in [-0.2, -0.15) is 0 Å². The van der Waals surface area contributed by atoms with E-state index in [1.54, 1.807) is 11.3 Å². The number of guanidine groups is 1. The van der Waals surface area contributed by atoms with Gasteiger partial charge in [-0.1, -0.05) is 13.3 Å². The summed E-state index contributed by atoms with van der Waals surface area (Å²) in [6.07, 6.45) is 6.35. The topological polar surface area (TPSA) is 52.6 Å². The summed E-state index contributed by atoms with van der Waals surface area (Å²) in [6.45, 7) is 13.6. The molecule has 1 unspecified atom stereocenters. The number of rotatable bonds is 8. The minimum absolute atomic E-state index is 0. The zero-order valence-electron chi connectivity index (χ0n) is 16.8. The summed E-state index contributed by atoms with van der Waals surface area (Å²) in [4.78, 5) is 13.3. The number of nitrogens with zero attached hydrogens (tertiary/aromatic N) is 3. The molecular weight excluding hydrogens is 457 g/mol. The largest absolute Gasteiger partial charge is 0.357 e. The molecule has 1 saturated heterocycles. The molecular formula is C19H36IN5S. The average Bonchev–Trinajstić information content (AvgIpc) is 2.92. The van der Waals surface area contributed by atoms with Crippen molar-refractivity contribution in [2.45, 2.75) is 65.8 Å². The van der Waals surface area contributed by atoms with Crippen LogP contribution in [0.5, 0.6) is 0 Å². The van der Waals surface area contributed by atoms with Crippen LogP contribution in [-0.4, -0.2) is 54.6 Å². The van der Waals surface area contributed by atoms with Crippen molar-refractivity contribution in [3.63, 3.8) is 0 Å². The zero-order chi connectivity index (χ0) is 18.1. The molecule has 150 valence electrons. The molecule has 0 amide bonds. The zero-order valence-corrected chi connectivity index (χ0v) is 20.0. The molecule has 0 saturated carbocycles. The lowest BCUT2D eigenvalue weighted by Gasteiger charge is -2.34. The molecule has 0 spiro atoms. The van der Waals surface area contributed by atoms with Crippen molar-refractivity contribution in [1.29, 1.82) is 0 Å². The summed E-state index contributed by atoms with van der Waals surface area (Å²) in [5, 5.41) is 7.98. The quantitative estimate of drug-likeness (QED) is 0.329. The van der Waals surface area contributed by atoms with Crippen molar-refractivity contribution in [2.75, 3.05) is 32.7 Å². The SMILES string of the molecule is CCNC(=NCCN1CCCCC1CC)NCCc1sc(C)nc1C.I. The summed E-state index contributed by atoms with van der Waals surface area (Å²) < 4.78 is 0. The van der Waals surface area contributed by atoms with Crippen molar-refractivity contribution in [3.8, 4) is 0 Å². The summed E-state index contributed by atoms with van der Waals surface area (Å²) >= 11 is 1.80. The van der Waals surface area contributed by atoms with Crippen molar-refractivity contribution < 1.29 is 0 Å². The average molecular weight is 494 g/mol. The van der Waals surface area contributed by atoms with Crippen LogP contribution in [0.15, 0.2) is 4.99 Å². The first kappa shape index (κ1) is 23.6. The van der Waals surface area contributed by atoms with Gasteiger partial charge >= 0.3 is 0 Å². The number of likely N-dealkylation sites (tertiary alicyclic amines) is 1. The Morgan fingerprint density at radius 1 is 1.27 bits per heavy atom. The minimum Gasteiger partial charge on any atom is -0.357 e. The predicted molar refractivity (Wildman–Crippen MR) is 124 cm³/mol. The molecule has 1 aromatic rings. The normalized spacial score (nSPS) is 18.5. The lowest BCUT2D eigenvalue weighted by atomic mass is 10.0. The fourth-order valence-corrected chi connectivity index (χ4v) is 4.49. The highest BCUT2D eigenvalue weighted by atomic mass is 127. The molecule has 0 aliphatic carbocycles. The van der Waals surface area contributed by atoms with Gasteiger partial charge in [-0.3, -0.25) is 9.89 Å². The maximum absolute atomic E-state index is 4.78. The van der Waals surface area contributed by atoms with Crippen LogP contribution >= 0.6 is 35.3 Å². The molecule has 1 atom stereocenters. The van der Waals surface area contributed by atoms with Gasteiger partial charge in [0.25, 0.3) is 0 Å². The van der Waals surface area contributed by atoms with E-state index < -0.39 is 0 Å². The highest BCUT2D eigenvalue weighted by Crippen LogP contribution is 2.19. The molecule has 2 heterocycles. The molecule has 2 rings (SSSR count). The Balaban J connectivity index is 0.00000338. The fraction of sp³-hybridized carbons (Fsp3) is 0.789. The van der Waals surface area contributed by atoms with Crippen LogP contribution < -0.4 is 10.6 Å². The van der Waals surface area contributed by atoms with Crippen LogP contribution in [0.1, 0.15) is 55.1 Å². The third kappa shape index (κ3) is 7.68. The Morgan fingerprint density at radius 3 is 2.73 bits per heavy atom. The Bertz CT molecular complexity index is 546. The van der Waals surface area contributed by atoms with Crippen LogP contribution in [-0.2, 0) is 6.42 Å². The molecule has 0 bridgehead atoms. The van der Waals surface area contributed by atoms with Crippen molar-refractivity contribution in [3.05, 3.63) is 15.6 Å². The van der Waals surface area contributed by atoms with Gasteiger partial charge in [-0.15, -0.1) is 35.3 Å². The van der Waals surface area contributed by atoms with Gasteiger partial charge in [0.2, 0.25) is 0 Å². The molecule has 7 heteroatoms. The van der Waals surface area contributed by atoms with E-state index in [2.05, 4.69) is 48.2 Å². The van der Waals surface area contributed by atoms with Gasteiger partial charge in [0.1, 0.15) is 0 Å². The van der Waals surface area contributed by atoms with E-state index in [-0.39, 0.29) is 24.0 Å². The van der Waals surface area contributed by atoms with Crippen LogP contribution in [0.4, 0.5) is 0 Å². The summed E-state index contributed by atoms with van der Waals surface area (Å²) in [7, 11) is 0. The molecule has 0 aromatic carbocycles. The predicted octanol–water partition coefficient (Wildman–Crippen LogP) is 3.74. The summed E-state index contributed by atoms with van der Waals surface area (Å²) in [6, 6.07) is 0.761. The van der Waals surface area contributed by atoms with Gasteiger partial charge in [0.05, 0.1) is 17.2 Å². The monoisotopic (exact) mass is 493 g/mol. The Kier molecular flexibility index (Phi) is 11.7. The van der Waals surface area contributed by atoms with Gasteiger partial charge in [-0.25, -0.2) is 4.98 Å². The Morgan fingerprint density at radius 2 is 2.08 bits per heavy atom. The van der Waals surface area contributed by atoms with Crippen LogP contribution in [0.3, 0.4) is 0 Å². The first-order chi connectivity index (χ1) is 12.1. The molecule has 1 fully saturated rings. The molecule has 2 N–H and O–H groups in total. The smallest absolute Gasteiger partial charge is 0.191 e. The van der Waals surface area contributed by atoms with E-state index in [4.69, 9.17) is 4.99 Å². The highest BCUT2D eigenvalue weighted by Gasteiger charge is 2.19. The molecule has 1 aromatic heterocycles. The first-order valence-corrected chi connectivity index (χ1v) is 10.6. The Hall–Kier alpha value is -0.410. The van der Waals surface area contributed by atoms with Gasteiger partial charge in [0, 0.05) is 37.0 Å². The number of piperidine rings is 1. The van der Waals surface area contributed by atoms with E-state index in [9.17, 15) is 0 Å². The third-order valence-corrected chi connectivity index (χ3v) is 6.00. The van der Waals surface area contributed by atoms with Crippen molar-refractivity contribution >= 4 is 41.3 Å². The fourth-order valence-electron chi connectivity index (χ4n) is 3.55. The number of hydrogen-bond donors (Lipinski definition) is 2. The number of aryl methyl sites for hydroxylation is 2. The van der Waals surface area contributed by atoms with Crippen LogP contribution in [0.2, 0.25) is 0 Å². The van der Waals surface area contributed by atoms with E-state index in [1.807, 2.05) is 0 Å². The number of aliphatic imine (C=N–C) groups is 1. The maximum Gasteiger partial charge on any atom is 0.191 e. The third-order valence-electron chi connectivity index (χ3n) is 4.87. The van der Waals surface area contributed by atoms with E-state index in [0.717, 1.165) is 49.6 Å². The first-order valence-electron chi connectivity index (χ1n) is 9.83. The number of hydrogen-bond acceptors (Lipinski definition) is 4. The lowest BCUT2D eigenvalue weighted by Crippen LogP contribution is -2.42. The van der Waals surface area contributed by atoms with E-state index >= 15 is 0 Å². The highest BCUT2D eigenvalue weighted by molar-refractivity contribution is 14.0. The van der Waals surface area contributed by atoms with E-state index in [1.165, 1.54) is 42.8 Å². The second kappa shape index (κ2) is 12.9. The van der Waals surface area contributed by atoms with Crippen molar-refractivity contribution in [2.24, 2.45) is 4.99 Å². The number of aromatic nitrogens is 1. The number of halogens is 1. The van der Waals surface area contributed by atoms with Crippen LogP contribution in [0.25, 0.3) is 0 Å². The number of thiazole rings is 1. The Labute approximate surface area is 180 Å². The summed E-state index contributed by atoms with van der Waals surface area (Å²) in [5.41, 5.74) is 1.17. The molecule has 1 aliphatic heterocycles. The lowest BCUT2D eigenvalue weighted by molar-refractivity contribution is 0.148. The van der Waals surface area contributed by atoms with E-state index in [0.29, 0.717) is 0 Å². The number of nitrogens with one attached hydrogen (secondary N) is 2.